The number of methoxy groups -OCH3 is 1. The largest absolute Gasteiger partial charge is 0.507 e. The molecule has 1 amide bonds. The van der Waals surface area contributed by atoms with Crippen molar-refractivity contribution in [3.05, 3.63) is 94.8 Å². The van der Waals surface area contributed by atoms with Crippen LogP contribution in [0.5, 0.6) is 5.75 Å². The van der Waals surface area contributed by atoms with Crippen molar-refractivity contribution >= 4 is 23.1 Å². The molecule has 2 aromatic carbocycles. The van der Waals surface area contributed by atoms with Crippen LogP contribution in [-0.4, -0.2) is 28.9 Å². The van der Waals surface area contributed by atoms with Gasteiger partial charge >= 0.3 is 0 Å². The standard InChI is InChI=1S/C30H32N2O4/c1-18(2)19-7-10-22(11-8-19)32-26(20-13-15-31-16-14-20)25(28(34)29(32)35)27(33)21-9-12-24(36-6)23(17-21)30(3,4)5/h7-18,26,33H,1-6H3/b27-25-. The molecule has 2 heterocycles. The number of pyridine rings is 1. The number of carbonyl (C=O) groups excluding carboxylic acids is 2. The number of rotatable bonds is 5. The van der Waals surface area contributed by atoms with Gasteiger partial charge in [0.05, 0.1) is 18.7 Å². The Labute approximate surface area is 212 Å². The van der Waals surface area contributed by atoms with Crippen molar-refractivity contribution in [3.63, 3.8) is 0 Å². The van der Waals surface area contributed by atoms with Crippen molar-refractivity contribution in [3.8, 4) is 5.75 Å². The van der Waals surface area contributed by atoms with Crippen LogP contribution in [0.2, 0.25) is 0 Å². The van der Waals surface area contributed by atoms with Gasteiger partial charge in [0.15, 0.2) is 0 Å². The van der Waals surface area contributed by atoms with E-state index < -0.39 is 17.7 Å². The van der Waals surface area contributed by atoms with E-state index in [1.54, 1.807) is 43.8 Å². The van der Waals surface area contributed by atoms with E-state index in [0.29, 0.717) is 28.5 Å². The minimum absolute atomic E-state index is 0.0455. The van der Waals surface area contributed by atoms with Crippen LogP contribution in [0.15, 0.2) is 72.6 Å². The van der Waals surface area contributed by atoms with Crippen molar-refractivity contribution in [2.45, 2.75) is 52.0 Å². The van der Waals surface area contributed by atoms with E-state index in [0.717, 1.165) is 11.1 Å². The third-order valence-corrected chi connectivity index (χ3v) is 6.59. The lowest BCUT2D eigenvalue weighted by Gasteiger charge is -2.26. The highest BCUT2D eigenvalue weighted by atomic mass is 16.5. The quantitative estimate of drug-likeness (QED) is 0.267. The van der Waals surface area contributed by atoms with Gasteiger partial charge in [-0.05, 0) is 64.9 Å². The molecule has 6 nitrogen and oxygen atoms in total. The zero-order chi connectivity index (χ0) is 26.2. The number of aliphatic hydroxyl groups excluding tert-OH is 1. The average molecular weight is 485 g/mol. The van der Waals surface area contributed by atoms with Gasteiger partial charge in [0.2, 0.25) is 0 Å². The van der Waals surface area contributed by atoms with E-state index in [1.165, 1.54) is 4.90 Å². The first-order valence-corrected chi connectivity index (χ1v) is 12.0. The molecule has 3 aromatic rings. The maximum absolute atomic E-state index is 13.4. The van der Waals surface area contributed by atoms with Crippen LogP contribution in [0.25, 0.3) is 5.76 Å². The Kier molecular flexibility index (Phi) is 6.72. The lowest BCUT2D eigenvalue weighted by molar-refractivity contribution is -0.132. The Morgan fingerprint density at radius 1 is 1.00 bits per heavy atom. The monoisotopic (exact) mass is 484 g/mol. The number of Topliss-reactive ketones (excluding diaryl/α,β-unsaturated/α-hetero) is 1. The van der Waals surface area contributed by atoms with Gasteiger partial charge < -0.3 is 9.84 Å². The minimum Gasteiger partial charge on any atom is -0.507 e. The number of hydrogen-bond donors (Lipinski definition) is 1. The van der Waals surface area contributed by atoms with Gasteiger partial charge in [-0.3, -0.25) is 19.5 Å². The first-order chi connectivity index (χ1) is 17.0. The minimum atomic E-state index is -0.793. The summed E-state index contributed by atoms with van der Waals surface area (Å²) in [5, 5.41) is 11.5. The summed E-state index contributed by atoms with van der Waals surface area (Å²) in [5.41, 5.74) is 3.51. The molecule has 0 radical (unpaired) electrons. The highest BCUT2D eigenvalue weighted by Crippen LogP contribution is 2.43. The summed E-state index contributed by atoms with van der Waals surface area (Å²) in [5.74, 6) is -0.604. The zero-order valence-corrected chi connectivity index (χ0v) is 21.6. The van der Waals surface area contributed by atoms with Gasteiger partial charge in [-0.1, -0.05) is 46.8 Å². The molecule has 1 aromatic heterocycles. The second-order valence-corrected chi connectivity index (χ2v) is 10.4. The summed E-state index contributed by atoms with van der Waals surface area (Å²) in [7, 11) is 1.60. The van der Waals surface area contributed by atoms with Gasteiger partial charge in [-0.25, -0.2) is 0 Å². The van der Waals surface area contributed by atoms with Gasteiger partial charge in [-0.2, -0.15) is 0 Å². The van der Waals surface area contributed by atoms with E-state index in [1.807, 2.05) is 51.1 Å². The fourth-order valence-corrected chi connectivity index (χ4v) is 4.58. The van der Waals surface area contributed by atoms with Gasteiger partial charge in [0.1, 0.15) is 11.5 Å². The van der Waals surface area contributed by atoms with Crippen LogP contribution in [0.4, 0.5) is 5.69 Å². The molecule has 1 unspecified atom stereocenters. The smallest absolute Gasteiger partial charge is 0.300 e. The molecule has 1 fully saturated rings. The number of aromatic nitrogens is 1. The Morgan fingerprint density at radius 3 is 2.19 bits per heavy atom. The number of amides is 1. The molecule has 1 saturated heterocycles. The summed E-state index contributed by atoms with van der Waals surface area (Å²) < 4.78 is 5.53. The molecule has 0 aliphatic carbocycles. The van der Waals surface area contributed by atoms with Crippen molar-refractivity contribution in [2.24, 2.45) is 0 Å². The molecule has 1 atom stereocenters. The highest BCUT2D eigenvalue weighted by Gasteiger charge is 2.47. The maximum Gasteiger partial charge on any atom is 0.300 e. The number of ether oxygens (including phenoxy) is 1. The number of aliphatic hydroxyl groups is 1. The fraction of sp³-hybridized carbons (Fsp3) is 0.300. The average Bonchev–Trinajstić information content (AvgIpc) is 3.13. The highest BCUT2D eigenvalue weighted by molar-refractivity contribution is 6.51. The van der Waals surface area contributed by atoms with Gasteiger partial charge in [0, 0.05) is 29.2 Å². The lowest BCUT2D eigenvalue weighted by Crippen LogP contribution is -2.29. The first kappa shape index (κ1) is 25.2. The van der Waals surface area contributed by atoms with Crippen LogP contribution in [0.3, 0.4) is 0 Å². The molecule has 4 rings (SSSR count). The molecule has 6 heteroatoms. The Bertz CT molecular complexity index is 1320. The summed E-state index contributed by atoms with van der Waals surface area (Å²) in [6.07, 6.45) is 3.23. The molecule has 1 N–H and O–H groups in total. The Morgan fingerprint density at radius 2 is 1.64 bits per heavy atom. The van der Waals surface area contributed by atoms with Crippen LogP contribution < -0.4 is 9.64 Å². The van der Waals surface area contributed by atoms with E-state index in [2.05, 4.69) is 18.8 Å². The molecule has 0 saturated carbocycles. The third-order valence-electron chi connectivity index (χ3n) is 6.59. The number of anilines is 1. The number of ketones is 1. The second-order valence-electron chi connectivity index (χ2n) is 10.4. The predicted octanol–water partition coefficient (Wildman–Crippen LogP) is 6.14. The number of hydrogen-bond acceptors (Lipinski definition) is 5. The van der Waals surface area contributed by atoms with Crippen LogP contribution >= 0.6 is 0 Å². The molecule has 1 aliphatic rings. The van der Waals surface area contributed by atoms with Crippen LogP contribution in [0, 0.1) is 0 Å². The zero-order valence-electron chi connectivity index (χ0n) is 21.6. The second kappa shape index (κ2) is 9.61. The summed E-state index contributed by atoms with van der Waals surface area (Å²) in [4.78, 5) is 32.3. The fourth-order valence-electron chi connectivity index (χ4n) is 4.58. The number of benzene rings is 2. The molecule has 0 bridgehead atoms. The van der Waals surface area contributed by atoms with Crippen molar-refractivity contribution < 1.29 is 19.4 Å². The summed E-state index contributed by atoms with van der Waals surface area (Å²) in [6, 6.07) is 15.6. The number of carbonyl (C=O) groups is 2. The Balaban J connectivity index is 1.92. The van der Waals surface area contributed by atoms with Gasteiger partial charge in [-0.15, -0.1) is 0 Å². The molecule has 36 heavy (non-hydrogen) atoms. The normalized spacial score (nSPS) is 17.6. The SMILES string of the molecule is COc1ccc(/C(O)=C2/C(=O)C(=O)N(c3ccc(C(C)C)cc3)C2c2ccncc2)cc1C(C)(C)C. The molecule has 1 aliphatic heterocycles. The molecule has 0 spiro atoms. The predicted molar refractivity (Wildman–Crippen MR) is 141 cm³/mol. The van der Waals surface area contributed by atoms with E-state index in [-0.39, 0.29) is 16.7 Å². The topological polar surface area (TPSA) is 79.7 Å². The third kappa shape index (κ3) is 4.51. The van der Waals surface area contributed by atoms with Gasteiger partial charge in [0.25, 0.3) is 11.7 Å². The van der Waals surface area contributed by atoms with Crippen molar-refractivity contribution in [1.29, 1.82) is 0 Å². The van der Waals surface area contributed by atoms with Crippen molar-refractivity contribution in [1.82, 2.24) is 4.98 Å². The Hall–Kier alpha value is -3.93. The molecule has 186 valence electrons. The van der Waals surface area contributed by atoms with Crippen LogP contribution in [-0.2, 0) is 15.0 Å². The first-order valence-electron chi connectivity index (χ1n) is 12.0. The van der Waals surface area contributed by atoms with E-state index in [4.69, 9.17) is 4.74 Å². The van der Waals surface area contributed by atoms with Crippen LogP contribution in [0.1, 0.15) is 68.8 Å². The summed E-state index contributed by atoms with van der Waals surface area (Å²) in [6.45, 7) is 10.3. The van der Waals surface area contributed by atoms with E-state index >= 15 is 0 Å². The number of nitrogens with zero attached hydrogens (tertiary/aromatic N) is 2. The van der Waals surface area contributed by atoms with E-state index in [9.17, 15) is 14.7 Å². The van der Waals surface area contributed by atoms with Crippen molar-refractivity contribution in [2.75, 3.05) is 12.0 Å². The summed E-state index contributed by atoms with van der Waals surface area (Å²) >= 11 is 0. The molecular formula is C30H32N2O4. The maximum atomic E-state index is 13.4. The lowest BCUT2D eigenvalue weighted by atomic mass is 9.84. The molecular weight excluding hydrogens is 452 g/mol.